The van der Waals surface area contributed by atoms with Crippen LogP contribution in [0.3, 0.4) is 0 Å². The predicted molar refractivity (Wildman–Crippen MR) is 118 cm³/mol. The topological polar surface area (TPSA) is 66.8 Å². The third kappa shape index (κ3) is 4.71. The molecule has 3 rings (SSSR count). The van der Waals surface area contributed by atoms with Crippen molar-refractivity contribution in [2.45, 2.75) is 38.7 Å². The van der Waals surface area contributed by atoms with Gasteiger partial charge in [0.25, 0.3) is 0 Å². The van der Waals surface area contributed by atoms with Crippen LogP contribution in [0.2, 0.25) is 0 Å². The predicted octanol–water partition coefficient (Wildman–Crippen LogP) is 5.42. The highest BCUT2D eigenvalue weighted by Crippen LogP contribution is 2.39. The van der Waals surface area contributed by atoms with Crippen LogP contribution in [0.15, 0.2) is 72.8 Å². The summed E-state index contributed by atoms with van der Waals surface area (Å²) in [7, 11) is 0. The highest BCUT2D eigenvalue weighted by atomic mass is 16.5. The third-order valence-electron chi connectivity index (χ3n) is 5.57. The van der Waals surface area contributed by atoms with Crippen molar-refractivity contribution >= 4 is 5.78 Å². The lowest BCUT2D eigenvalue weighted by atomic mass is 9.80. The number of aliphatic hydroxyl groups excluding tert-OH is 1. The first-order chi connectivity index (χ1) is 14.3. The van der Waals surface area contributed by atoms with Gasteiger partial charge in [-0.25, -0.2) is 0 Å². The van der Waals surface area contributed by atoms with Gasteiger partial charge in [0.05, 0.1) is 5.56 Å². The summed E-state index contributed by atoms with van der Waals surface area (Å²) >= 11 is 0. The number of phenolic OH excluding ortho intramolecular Hbond substituents is 1. The molecule has 0 heterocycles. The van der Waals surface area contributed by atoms with Crippen LogP contribution in [-0.4, -0.2) is 22.6 Å². The first-order valence-corrected chi connectivity index (χ1v) is 10.2. The Morgan fingerprint density at radius 3 is 2.20 bits per heavy atom. The van der Waals surface area contributed by atoms with Crippen molar-refractivity contribution in [3.8, 4) is 11.5 Å². The molecule has 0 aromatic heterocycles. The summed E-state index contributed by atoms with van der Waals surface area (Å²) in [4.78, 5) is 13.0. The Kier molecular flexibility index (Phi) is 6.58. The molecule has 0 fully saturated rings. The molecular formula is C26H28O4. The quantitative estimate of drug-likeness (QED) is 0.492. The standard InChI is InChI=1S/C26H28O4/c1-4-26(2,3)21-15-20(25(29)19-13-9-6-10-14-19)22(27)16-24(21)30-17-23(28)18-11-7-5-8-12-18/h5-16,23,27-28H,4,17H2,1-3H3. The summed E-state index contributed by atoms with van der Waals surface area (Å²) in [5.74, 6) is 0.0970. The Morgan fingerprint density at radius 2 is 1.60 bits per heavy atom. The van der Waals surface area contributed by atoms with Crippen LogP contribution in [0, 0.1) is 0 Å². The van der Waals surface area contributed by atoms with Crippen LogP contribution in [0.4, 0.5) is 0 Å². The fourth-order valence-corrected chi connectivity index (χ4v) is 3.27. The number of hydrogen-bond donors (Lipinski definition) is 2. The van der Waals surface area contributed by atoms with Crippen molar-refractivity contribution in [2.24, 2.45) is 0 Å². The first-order valence-electron chi connectivity index (χ1n) is 10.2. The molecule has 0 saturated heterocycles. The second kappa shape index (κ2) is 9.14. The molecule has 0 aliphatic rings. The Labute approximate surface area is 177 Å². The van der Waals surface area contributed by atoms with Crippen molar-refractivity contribution in [2.75, 3.05) is 6.61 Å². The van der Waals surface area contributed by atoms with Gasteiger partial charge in [-0.3, -0.25) is 4.79 Å². The van der Waals surface area contributed by atoms with Crippen molar-refractivity contribution in [3.05, 3.63) is 95.1 Å². The lowest BCUT2D eigenvalue weighted by molar-refractivity contribution is 0.103. The van der Waals surface area contributed by atoms with Crippen LogP contribution in [0.1, 0.15) is 60.3 Å². The van der Waals surface area contributed by atoms with E-state index in [0.29, 0.717) is 11.3 Å². The molecule has 156 valence electrons. The Bertz CT molecular complexity index is 994. The van der Waals surface area contributed by atoms with Crippen molar-refractivity contribution in [1.29, 1.82) is 0 Å². The van der Waals surface area contributed by atoms with E-state index < -0.39 is 6.10 Å². The zero-order valence-corrected chi connectivity index (χ0v) is 17.6. The van der Waals surface area contributed by atoms with Gasteiger partial charge in [0, 0.05) is 17.2 Å². The fourth-order valence-electron chi connectivity index (χ4n) is 3.27. The largest absolute Gasteiger partial charge is 0.507 e. The molecule has 0 bridgehead atoms. The molecule has 4 nitrogen and oxygen atoms in total. The summed E-state index contributed by atoms with van der Waals surface area (Å²) in [6, 6.07) is 21.4. The van der Waals surface area contributed by atoms with E-state index in [1.807, 2.05) is 36.4 Å². The normalized spacial score (nSPS) is 12.4. The van der Waals surface area contributed by atoms with E-state index in [0.717, 1.165) is 17.5 Å². The van der Waals surface area contributed by atoms with Crippen molar-refractivity contribution in [3.63, 3.8) is 0 Å². The lowest BCUT2D eigenvalue weighted by Gasteiger charge is -2.27. The number of benzene rings is 3. The van der Waals surface area contributed by atoms with E-state index in [1.54, 1.807) is 30.3 Å². The number of ether oxygens (including phenoxy) is 1. The van der Waals surface area contributed by atoms with Crippen LogP contribution >= 0.6 is 0 Å². The van der Waals surface area contributed by atoms with E-state index >= 15 is 0 Å². The molecule has 3 aromatic rings. The summed E-state index contributed by atoms with van der Waals surface area (Å²) in [6.07, 6.45) is 0.0190. The number of hydrogen-bond acceptors (Lipinski definition) is 4. The second-order valence-corrected chi connectivity index (χ2v) is 8.04. The van der Waals surface area contributed by atoms with Crippen molar-refractivity contribution in [1.82, 2.24) is 0 Å². The molecule has 1 unspecified atom stereocenters. The highest BCUT2D eigenvalue weighted by Gasteiger charge is 2.27. The first kappa shape index (κ1) is 21.6. The summed E-state index contributed by atoms with van der Waals surface area (Å²) in [5, 5.41) is 21.1. The molecule has 1 atom stereocenters. The van der Waals surface area contributed by atoms with Gasteiger partial charge >= 0.3 is 0 Å². The maximum absolute atomic E-state index is 13.0. The number of aromatic hydroxyl groups is 1. The SMILES string of the molecule is CCC(C)(C)c1cc(C(=O)c2ccccc2)c(O)cc1OCC(O)c1ccccc1. The molecule has 0 saturated carbocycles. The van der Waals surface area contributed by atoms with Gasteiger partial charge in [0.15, 0.2) is 5.78 Å². The molecule has 0 spiro atoms. The number of carbonyl (C=O) groups excluding carboxylic acids is 1. The van der Waals surface area contributed by atoms with E-state index in [-0.39, 0.29) is 29.1 Å². The summed E-state index contributed by atoms with van der Waals surface area (Å²) in [5.41, 5.74) is 2.05. The van der Waals surface area contributed by atoms with E-state index in [2.05, 4.69) is 20.8 Å². The zero-order valence-electron chi connectivity index (χ0n) is 17.6. The Hall–Kier alpha value is -3.11. The molecule has 0 radical (unpaired) electrons. The summed E-state index contributed by atoms with van der Waals surface area (Å²) < 4.78 is 5.94. The molecule has 30 heavy (non-hydrogen) atoms. The molecule has 3 aromatic carbocycles. The molecule has 0 aliphatic carbocycles. The maximum Gasteiger partial charge on any atom is 0.196 e. The van der Waals surface area contributed by atoms with Gasteiger partial charge in [-0.1, -0.05) is 81.4 Å². The average Bonchev–Trinajstić information content (AvgIpc) is 2.78. The minimum atomic E-state index is -0.795. The van der Waals surface area contributed by atoms with Gasteiger partial charge in [0.1, 0.15) is 24.2 Å². The molecule has 0 aliphatic heterocycles. The molecular weight excluding hydrogens is 376 g/mol. The van der Waals surface area contributed by atoms with Gasteiger partial charge in [0.2, 0.25) is 0 Å². The average molecular weight is 405 g/mol. The van der Waals surface area contributed by atoms with Gasteiger partial charge in [-0.05, 0) is 23.5 Å². The monoisotopic (exact) mass is 404 g/mol. The number of rotatable bonds is 8. The third-order valence-corrected chi connectivity index (χ3v) is 5.57. The minimum absolute atomic E-state index is 0.0439. The van der Waals surface area contributed by atoms with Crippen LogP contribution in [0.5, 0.6) is 11.5 Å². The number of ketones is 1. The Balaban J connectivity index is 1.95. The smallest absolute Gasteiger partial charge is 0.196 e. The van der Waals surface area contributed by atoms with Crippen molar-refractivity contribution < 1.29 is 19.7 Å². The maximum atomic E-state index is 13.0. The summed E-state index contributed by atoms with van der Waals surface area (Å²) in [6.45, 7) is 6.24. The fraction of sp³-hybridized carbons (Fsp3) is 0.269. The van der Waals surface area contributed by atoms with Crippen LogP contribution < -0.4 is 4.74 Å². The highest BCUT2D eigenvalue weighted by molar-refractivity contribution is 6.10. The number of carbonyl (C=O) groups is 1. The van der Waals surface area contributed by atoms with Gasteiger partial charge in [-0.15, -0.1) is 0 Å². The number of phenols is 1. The van der Waals surface area contributed by atoms with E-state index in [9.17, 15) is 15.0 Å². The lowest BCUT2D eigenvalue weighted by Crippen LogP contribution is -2.20. The van der Waals surface area contributed by atoms with Crippen LogP contribution in [-0.2, 0) is 5.41 Å². The molecule has 4 heteroatoms. The second-order valence-electron chi connectivity index (χ2n) is 8.04. The van der Waals surface area contributed by atoms with Gasteiger partial charge in [-0.2, -0.15) is 0 Å². The number of aliphatic hydroxyl groups is 1. The molecule has 0 amide bonds. The minimum Gasteiger partial charge on any atom is -0.507 e. The Morgan fingerprint density at radius 1 is 1.00 bits per heavy atom. The van der Waals surface area contributed by atoms with Gasteiger partial charge < -0.3 is 14.9 Å². The van der Waals surface area contributed by atoms with E-state index in [1.165, 1.54) is 6.07 Å². The molecule has 2 N–H and O–H groups in total. The zero-order chi connectivity index (χ0) is 21.7. The van der Waals surface area contributed by atoms with Crippen LogP contribution in [0.25, 0.3) is 0 Å². The van der Waals surface area contributed by atoms with E-state index in [4.69, 9.17) is 4.74 Å².